The molecule has 110 valence electrons. The number of nitrogens with two attached hydrogens (primary N) is 1. The number of nitrogens with zero attached hydrogens (tertiary/aromatic N) is 1. The van der Waals surface area contributed by atoms with Crippen molar-refractivity contribution in [2.45, 2.75) is 6.42 Å². The van der Waals surface area contributed by atoms with Crippen LogP contribution in [-0.2, 0) is 6.42 Å². The van der Waals surface area contributed by atoms with Gasteiger partial charge in [0.2, 0.25) is 0 Å². The molecule has 0 unspecified atom stereocenters. The summed E-state index contributed by atoms with van der Waals surface area (Å²) in [4.78, 5) is 16.0. The van der Waals surface area contributed by atoms with Crippen molar-refractivity contribution in [2.75, 3.05) is 19.1 Å². The first kappa shape index (κ1) is 14.8. The molecule has 2 aromatic rings. The third-order valence-electron chi connectivity index (χ3n) is 3.08. The summed E-state index contributed by atoms with van der Waals surface area (Å²) in [6, 6.07) is 9.37. The molecule has 1 aromatic carbocycles. The Kier molecular flexibility index (Phi) is 5.11. The van der Waals surface area contributed by atoms with E-state index in [0.29, 0.717) is 17.8 Å². The minimum Gasteiger partial charge on any atom is -0.497 e. The van der Waals surface area contributed by atoms with Crippen molar-refractivity contribution in [3.05, 3.63) is 53.9 Å². The van der Waals surface area contributed by atoms with E-state index >= 15 is 0 Å². The smallest absolute Gasteiger partial charge is 0.253 e. The number of rotatable bonds is 6. The Morgan fingerprint density at radius 1 is 1.29 bits per heavy atom. The molecule has 0 saturated heterocycles. The molecule has 6 nitrogen and oxygen atoms in total. The van der Waals surface area contributed by atoms with Crippen LogP contribution in [0.2, 0.25) is 0 Å². The average molecular weight is 286 g/mol. The molecular weight excluding hydrogens is 268 g/mol. The minimum atomic E-state index is -0.182. The lowest BCUT2D eigenvalue weighted by Gasteiger charge is -2.09. The molecule has 0 aliphatic carbocycles. The van der Waals surface area contributed by atoms with Crippen LogP contribution < -0.4 is 21.3 Å². The van der Waals surface area contributed by atoms with Crippen molar-refractivity contribution in [3.8, 4) is 5.75 Å². The molecule has 0 saturated carbocycles. The van der Waals surface area contributed by atoms with Gasteiger partial charge in [-0.3, -0.25) is 15.6 Å². The van der Waals surface area contributed by atoms with Crippen LogP contribution >= 0.6 is 0 Å². The van der Waals surface area contributed by atoms with E-state index in [0.717, 1.165) is 17.7 Å². The second-order valence-corrected chi connectivity index (χ2v) is 4.42. The van der Waals surface area contributed by atoms with E-state index < -0.39 is 0 Å². The zero-order valence-electron chi connectivity index (χ0n) is 11.8. The maximum absolute atomic E-state index is 12.1. The van der Waals surface area contributed by atoms with Crippen LogP contribution in [-0.4, -0.2) is 24.5 Å². The Morgan fingerprint density at radius 3 is 2.71 bits per heavy atom. The van der Waals surface area contributed by atoms with Gasteiger partial charge in [0, 0.05) is 12.7 Å². The molecule has 0 aliphatic rings. The van der Waals surface area contributed by atoms with Crippen molar-refractivity contribution < 1.29 is 9.53 Å². The lowest BCUT2D eigenvalue weighted by molar-refractivity contribution is 0.0955. The highest BCUT2D eigenvalue weighted by molar-refractivity contribution is 5.99. The van der Waals surface area contributed by atoms with Crippen molar-refractivity contribution >= 4 is 11.6 Å². The first-order valence-electron chi connectivity index (χ1n) is 6.56. The number of aromatic nitrogens is 1. The number of ether oxygens (including phenoxy) is 1. The lowest BCUT2D eigenvalue weighted by Crippen LogP contribution is -2.27. The Morgan fingerprint density at radius 2 is 2.05 bits per heavy atom. The van der Waals surface area contributed by atoms with Gasteiger partial charge in [-0.1, -0.05) is 12.1 Å². The molecule has 4 N–H and O–H groups in total. The van der Waals surface area contributed by atoms with E-state index in [2.05, 4.69) is 15.7 Å². The molecular formula is C15H18N4O2. The normalized spacial score (nSPS) is 10.0. The Balaban J connectivity index is 1.89. The third-order valence-corrected chi connectivity index (χ3v) is 3.08. The SMILES string of the molecule is COc1ccc(CCNC(=O)c2ccncc2NN)cc1. The van der Waals surface area contributed by atoms with Gasteiger partial charge in [0.1, 0.15) is 5.75 Å². The van der Waals surface area contributed by atoms with Crippen LogP contribution in [0.25, 0.3) is 0 Å². The van der Waals surface area contributed by atoms with Crippen molar-refractivity contribution in [1.29, 1.82) is 0 Å². The minimum absolute atomic E-state index is 0.182. The largest absolute Gasteiger partial charge is 0.497 e. The number of nitrogen functional groups attached to an aromatic ring is 1. The van der Waals surface area contributed by atoms with E-state index in [1.165, 1.54) is 6.20 Å². The molecule has 0 atom stereocenters. The topological polar surface area (TPSA) is 89.3 Å². The quantitative estimate of drug-likeness (QED) is 0.551. The Hall–Kier alpha value is -2.60. The first-order valence-corrected chi connectivity index (χ1v) is 6.56. The number of hydrazine groups is 1. The molecule has 0 spiro atoms. The molecule has 0 radical (unpaired) electrons. The summed E-state index contributed by atoms with van der Waals surface area (Å²) in [5.41, 5.74) is 4.56. The van der Waals surface area contributed by atoms with Gasteiger partial charge >= 0.3 is 0 Å². The van der Waals surface area contributed by atoms with Crippen LogP contribution in [0, 0.1) is 0 Å². The maximum Gasteiger partial charge on any atom is 0.253 e. The molecule has 0 aliphatic heterocycles. The number of anilines is 1. The average Bonchev–Trinajstić information content (AvgIpc) is 2.55. The summed E-state index contributed by atoms with van der Waals surface area (Å²) in [6.45, 7) is 0.539. The lowest BCUT2D eigenvalue weighted by atomic mass is 10.1. The zero-order chi connectivity index (χ0) is 15.1. The van der Waals surface area contributed by atoms with E-state index in [4.69, 9.17) is 10.6 Å². The van der Waals surface area contributed by atoms with Crippen molar-refractivity contribution in [2.24, 2.45) is 5.84 Å². The Bertz CT molecular complexity index is 599. The number of benzene rings is 1. The first-order chi connectivity index (χ1) is 10.2. The number of methoxy groups -OCH3 is 1. The summed E-state index contributed by atoms with van der Waals surface area (Å²) in [5, 5.41) is 2.86. The molecule has 6 heteroatoms. The van der Waals surface area contributed by atoms with Crippen molar-refractivity contribution in [3.63, 3.8) is 0 Å². The number of hydrogen-bond acceptors (Lipinski definition) is 5. The van der Waals surface area contributed by atoms with Gasteiger partial charge in [0.05, 0.1) is 24.6 Å². The van der Waals surface area contributed by atoms with Gasteiger partial charge < -0.3 is 15.5 Å². The highest BCUT2D eigenvalue weighted by Crippen LogP contribution is 2.12. The highest BCUT2D eigenvalue weighted by Gasteiger charge is 2.09. The predicted octanol–water partition coefficient (Wildman–Crippen LogP) is 1.35. The summed E-state index contributed by atoms with van der Waals surface area (Å²) < 4.78 is 5.10. The predicted molar refractivity (Wildman–Crippen MR) is 81.1 cm³/mol. The Labute approximate surface area is 123 Å². The van der Waals surface area contributed by atoms with Gasteiger partial charge in [0.25, 0.3) is 5.91 Å². The number of carbonyl (C=O) groups is 1. The van der Waals surface area contributed by atoms with Gasteiger partial charge in [-0.25, -0.2) is 0 Å². The van der Waals surface area contributed by atoms with Crippen LogP contribution in [0.3, 0.4) is 0 Å². The zero-order valence-corrected chi connectivity index (χ0v) is 11.8. The van der Waals surface area contributed by atoms with Crippen LogP contribution in [0.5, 0.6) is 5.75 Å². The number of carbonyl (C=O) groups excluding carboxylic acids is 1. The molecule has 0 fully saturated rings. The fourth-order valence-corrected chi connectivity index (χ4v) is 1.92. The van der Waals surface area contributed by atoms with Gasteiger partial charge in [-0.15, -0.1) is 0 Å². The van der Waals surface area contributed by atoms with Crippen LogP contribution in [0.1, 0.15) is 15.9 Å². The van der Waals surface area contributed by atoms with Crippen molar-refractivity contribution in [1.82, 2.24) is 10.3 Å². The van der Waals surface area contributed by atoms with Gasteiger partial charge in [0.15, 0.2) is 0 Å². The van der Waals surface area contributed by atoms with E-state index in [1.807, 2.05) is 24.3 Å². The summed E-state index contributed by atoms with van der Waals surface area (Å²) in [5.74, 6) is 5.99. The summed E-state index contributed by atoms with van der Waals surface area (Å²) >= 11 is 0. The van der Waals surface area contributed by atoms with E-state index in [9.17, 15) is 4.79 Å². The van der Waals surface area contributed by atoms with Gasteiger partial charge in [-0.2, -0.15) is 0 Å². The van der Waals surface area contributed by atoms with Crippen LogP contribution in [0.15, 0.2) is 42.7 Å². The molecule has 2 rings (SSSR count). The van der Waals surface area contributed by atoms with Gasteiger partial charge in [-0.05, 0) is 30.2 Å². The monoisotopic (exact) mass is 286 g/mol. The summed E-state index contributed by atoms with van der Waals surface area (Å²) in [7, 11) is 1.63. The second kappa shape index (κ2) is 7.25. The highest BCUT2D eigenvalue weighted by atomic mass is 16.5. The van der Waals surface area contributed by atoms with E-state index in [-0.39, 0.29) is 5.91 Å². The molecule has 0 bridgehead atoms. The number of hydrogen-bond donors (Lipinski definition) is 3. The fourth-order valence-electron chi connectivity index (χ4n) is 1.92. The number of amides is 1. The fraction of sp³-hybridized carbons (Fsp3) is 0.200. The van der Waals surface area contributed by atoms with E-state index in [1.54, 1.807) is 19.4 Å². The summed E-state index contributed by atoms with van der Waals surface area (Å²) in [6.07, 6.45) is 3.81. The standard InChI is InChI=1S/C15H18N4O2/c1-21-12-4-2-11(3-5-12)6-9-18-15(20)13-7-8-17-10-14(13)19-16/h2-5,7-8,10,19H,6,9,16H2,1H3,(H,18,20). The second-order valence-electron chi connectivity index (χ2n) is 4.42. The molecule has 1 aromatic heterocycles. The van der Waals surface area contributed by atoms with Crippen LogP contribution in [0.4, 0.5) is 5.69 Å². The molecule has 1 heterocycles. The third kappa shape index (κ3) is 3.93. The number of pyridine rings is 1. The molecule has 21 heavy (non-hydrogen) atoms. The number of nitrogens with one attached hydrogen (secondary N) is 2. The maximum atomic E-state index is 12.1. The molecule has 1 amide bonds.